The lowest BCUT2D eigenvalue weighted by Gasteiger charge is -2.35. The Morgan fingerprint density at radius 3 is 2.58 bits per heavy atom. The zero-order valence-corrected chi connectivity index (χ0v) is 13.2. The summed E-state index contributed by atoms with van der Waals surface area (Å²) in [6.07, 6.45) is 1.70. The van der Waals surface area contributed by atoms with Gasteiger partial charge in [-0.05, 0) is 46.7 Å². The van der Waals surface area contributed by atoms with Crippen LogP contribution in [-0.2, 0) is 10.2 Å². The van der Waals surface area contributed by atoms with Crippen molar-refractivity contribution in [2.24, 2.45) is 5.92 Å². The van der Waals surface area contributed by atoms with E-state index in [4.69, 9.17) is 5.11 Å². The van der Waals surface area contributed by atoms with Gasteiger partial charge in [0.05, 0.1) is 0 Å². The van der Waals surface area contributed by atoms with Crippen molar-refractivity contribution in [2.75, 3.05) is 40.3 Å². The van der Waals surface area contributed by atoms with Gasteiger partial charge >= 0.3 is 0 Å². The Kier molecular flexibility index (Phi) is 5.76. The lowest BCUT2D eigenvalue weighted by atomic mass is 10.0. The fourth-order valence-electron chi connectivity index (χ4n) is 1.91. The lowest BCUT2D eigenvalue weighted by Crippen LogP contribution is -2.53. The van der Waals surface area contributed by atoms with Crippen LogP contribution in [0.15, 0.2) is 0 Å². The first-order valence-corrected chi connectivity index (χ1v) is 8.16. The standard InChI is InChI=1S/C12H27N3O3S/c1-12(2,14(3)4)10-13-19(17,18)15-7-5-6-11(8-15)9-16/h11,13,16H,5-10H2,1-4H3. The number of nitrogens with zero attached hydrogens (tertiary/aromatic N) is 2. The SMILES string of the molecule is CN(C)C(C)(C)CNS(=O)(=O)N1CCCC(CO)C1. The van der Waals surface area contributed by atoms with Crippen LogP contribution in [0.1, 0.15) is 26.7 Å². The molecule has 1 rings (SSSR count). The molecule has 114 valence electrons. The maximum absolute atomic E-state index is 12.2. The summed E-state index contributed by atoms with van der Waals surface area (Å²) >= 11 is 0. The highest BCUT2D eigenvalue weighted by Gasteiger charge is 2.30. The van der Waals surface area contributed by atoms with E-state index < -0.39 is 10.2 Å². The molecule has 0 amide bonds. The molecule has 1 aliphatic rings. The van der Waals surface area contributed by atoms with E-state index in [-0.39, 0.29) is 18.1 Å². The second-order valence-electron chi connectivity index (χ2n) is 6.08. The van der Waals surface area contributed by atoms with Crippen molar-refractivity contribution >= 4 is 10.2 Å². The third kappa shape index (κ3) is 4.68. The fraction of sp³-hybridized carbons (Fsp3) is 1.00. The van der Waals surface area contributed by atoms with E-state index >= 15 is 0 Å². The average molecular weight is 293 g/mol. The Hall–Kier alpha value is -0.210. The van der Waals surface area contributed by atoms with E-state index in [1.165, 1.54) is 4.31 Å². The van der Waals surface area contributed by atoms with E-state index in [1.54, 1.807) is 0 Å². The van der Waals surface area contributed by atoms with Crippen molar-refractivity contribution in [3.8, 4) is 0 Å². The number of aliphatic hydroxyl groups excluding tert-OH is 1. The molecule has 1 saturated heterocycles. The van der Waals surface area contributed by atoms with Crippen LogP contribution in [0.3, 0.4) is 0 Å². The van der Waals surface area contributed by atoms with E-state index in [1.807, 2.05) is 32.8 Å². The molecule has 0 spiro atoms. The van der Waals surface area contributed by atoms with Gasteiger partial charge in [0.2, 0.25) is 0 Å². The molecule has 1 aliphatic heterocycles. The average Bonchev–Trinajstić information content (AvgIpc) is 2.36. The van der Waals surface area contributed by atoms with Gasteiger partial charge in [0.15, 0.2) is 0 Å². The Morgan fingerprint density at radius 2 is 2.05 bits per heavy atom. The van der Waals surface area contributed by atoms with Crippen LogP contribution in [0, 0.1) is 5.92 Å². The summed E-state index contributed by atoms with van der Waals surface area (Å²) < 4.78 is 28.6. The predicted octanol–water partition coefficient (Wildman–Crippen LogP) is -0.135. The monoisotopic (exact) mass is 293 g/mol. The maximum atomic E-state index is 12.2. The fourth-order valence-corrected chi connectivity index (χ4v) is 3.41. The molecule has 0 aromatic rings. The first kappa shape index (κ1) is 16.8. The summed E-state index contributed by atoms with van der Waals surface area (Å²) in [4.78, 5) is 1.99. The van der Waals surface area contributed by atoms with Gasteiger partial charge in [-0.3, -0.25) is 0 Å². The zero-order chi connectivity index (χ0) is 14.7. The van der Waals surface area contributed by atoms with Crippen molar-refractivity contribution in [1.29, 1.82) is 0 Å². The number of piperidine rings is 1. The van der Waals surface area contributed by atoms with Gasteiger partial charge in [0.1, 0.15) is 0 Å². The topological polar surface area (TPSA) is 72.9 Å². The molecular weight excluding hydrogens is 266 g/mol. The van der Waals surface area contributed by atoms with Gasteiger partial charge in [0, 0.05) is 31.8 Å². The van der Waals surface area contributed by atoms with Gasteiger partial charge in [-0.25, -0.2) is 4.72 Å². The van der Waals surface area contributed by atoms with Gasteiger partial charge in [0.25, 0.3) is 10.2 Å². The molecule has 19 heavy (non-hydrogen) atoms. The largest absolute Gasteiger partial charge is 0.396 e. The van der Waals surface area contributed by atoms with Crippen molar-refractivity contribution < 1.29 is 13.5 Å². The quantitative estimate of drug-likeness (QED) is 0.715. The first-order valence-electron chi connectivity index (χ1n) is 6.72. The Morgan fingerprint density at radius 1 is 1.42 bits per heavy atom. The summed E-state index contributed by atoms with van der Waals surface area (Å²) in [6.45, 7) is 5.34. The molecule has 0 aliphatic carbocycles. The smallest absolute Gasteiger partial charge is 0.279 e. The van der Waals surface area contributed by atoms with Gasteiger partial charge < -0.3 is 10.0 Å². The molecule has 1 unspecified atom stereocenters. The number of rotatable bonds is 6. The van der Waals surface area contributed by atoms with Crippen molar-refractivity contribution in [2.45, 2.75) is 32.2 Å². The molecular formula is C12H27N3O3S. The zero-order valence-electron chi connectivity index (χ0n) is 12.4. The molecule has 0 bridgehead atoms. The summed E-state index contributed by atoms with van der Waals surface area (Å²) in [5.74, 6) is 0.0622. The third-order valence-corrected chi connectivity index (χ3v) is 5.50. The van der Waals surface area contributed by atoms with Crippen LogP contribution in [0.5, 0.6) is 0 Å². The minimum absolute atomic E-state index is 0.0508. The van der Waals surface area contributed by atoms with Crippen molar-refractivity contribution in [3.63, 3.8) is 0 Å². The molecule has 1 atom stereocenters. The third-order valence-electron chi connectivity index (χ3n) is 3.98. The second kappa shape index (κ2) is 6.49. The molecule has 0 aromatic heterocycles. The van der Waals surface area contributed by atoms with Gasteiger partial charge in [-0.15, -0.1) is 0 Å². The first-order chi connectivity index (χ1) is 8.69. The minimum atomic E-state index is -3.45. The van der Waals surface area contributed by atoms with Gasteiger partial charge in [-0.2, -0.15) is 12.7 Å². The van der Waals surface area contributed by atoms with Crippen LogP contribution in [-0.4, -0.2) is 68.6 Å². The normalized spacial score (nSPS) is 22.9. The summed E-state index contributed by atoms with van der Waals surface area (Å²) in [5.41, 5.74) is -0.237. The molecule has 1 fully saturated rings. The second-order valence-corrected chi connectivity index (χ2v) is 7.84. The maximum Gasteiger partial charge on any atom is 0.279 e. The van der Waals surface area contributed by atoms with Gasteiger partial charge in [-0.1, -0.05) is 0 Å². The summed E-state index contributed by atoms with van der Waals surface area (Å²) in [6, 6.07) is 0. The predicted molar refractivity (Wildman–Crippen MR) is 76.1 cm³/mol. The van der Waals surface area contributed by atoms with E-state index in [2.05, 4.69) is 4.72 Å². The van der Waals surface area contributed by atoms with E-state index in [0.29, 0.717) is 19.6 Å². The number of likely N-dealkylation sites (N-methyl/N-ethyl adjacent to an activating group) is 1. The van der Waals surface area contributed by atoms with E-state index in [0.717, 1.165) is 12.8 Å². The highest BCUT2D eigenvalue weighted by atomic mass is 32.2. The minimum Gasteiger partial charge on any atom is -0.396 e. The van der Waals surface area contributed by atoms with Crippen LogP contribution >= 0.6 is 0 Å². The van der Waals surface area contributed by atoms with Crippen LogP contribution in [0.25, 0.3) is 0 Å². The lowest BCUT2D eigenvalue weighted by molar-refractivity contribution is 0.163. The highest BCUT2D eigenvalue weighted by Crippen LogP contribution is 2.18. The molecule has 7 heteroatoms. The van der Waals surface area contributed by atoms with E-state index in [9.17, 15) is 8.42 Å². The van der Waals surface area contributed by atoms with Crippen LogP contribution in [0.4, 0.5) is 0 Å². The van der Waals surface area contributed by atoms with Crippen LogP contribution < -0.4 is 4.72 Å². The molecule has 0 aromatic carbocycles. The molecule has 1 heterocycles. The summed E-state index contributed by atoms with van der Waals surface area (Å²) in [7, 11) is 0.408. The number of hydrogen-bond acceptors (Lipinski definition) is 4. The number of aliphatic hydroxyl groups is 1. The highest BCUT2D eigenvalue weighted by molar-refractivity contribution is 7.87. The van der Waals surface area contributed by atoms with Crippen molar-refractivity contribution in [3.05, 3.63) is 0 Å². The number of hydrogen-bond donors (Lipinski definition) is 2. The molecule has 0 saturated carbocycles. The van der Waals surface area contributed by atoms with Crippen molar-refractivity contribution in [1.82, 2.24) is 13.9 Å². The Balaban J connectivity index is 2.61. The Bertz CT molecular complexity index is 382. The molecule has 0 radical (unpaired) electrons. The molecule has 2 N–H and O–H groups in total. The number of nitrogens with one attached hydrogen (secondary N) is 1. The molecule has 6 nitrogen and oxygen atoms in total. The summed E-state index contributed by atoms with van der Waals surface area (Å²) in [5, 5.41) is 9.16. The van der Waals surface area contributed by atoms with Crippen LogP contribution in [0.2, 0.25) is 0 Å². The Labute approximate surface area is 117 Å².